The van der Waals surface area contributed by atoms with Crippen LogP contribution in [0.4, 0.5) is 5.69 Å². The highest BCUT2D eigenvalue weighted by Gasteiger charge is 2.17. The van der Waals surface area contributed by atoms with E-state index in [1.165, 1.54) is 5.69 Å². The van der Waals surface area contributed by atoms with Crippen molar-refractivity contribution in [2.45, 2.75) is 32.5 Å². The van der Waals surface area contributed by atoms with Crippen LogP contribution >= 0.6 is 0 Å². The molecule has 100 valence electrons. The number of aromatic nitrogens is 2. The fraction of sp³-hybridized carbons (Fsp3) is 0.400. The zero-order valence-corrected chi connectivity index (χ0v) is 11.2. The van der Waals surface area contributed by atoms with Gasteiger partial charge in [0, 0.05) is 31.2 Å². The first-order valence-electron chi connectivity index (χ1n) is 6.81. The molecular formula is C15H19N3O. The first kappa shape index (κ1) is 12.2. The Bertz CT molecular complexity index is 547. The van der Waals surface area contributed by atoms with Crippen molar-refractivity contribution < 1.29 is 5.11 Å². The zero-order chi connectivity index (χ0) is 13.2. The summed E-state index contributed by atoms with van der Waals surface area (Å²) >= 11 is 0. The Morgan fingerprint density at radius 1 is 1.26 bits per heavy atom. The molecule has 2 heterocycles. The Balaban J connectivity index is 1.77. The molecule has 1 aromatic carbocycles. The molecule has 1 aromatic heterocycles. The second-order valence-electron chi connectivity index (χ2n) is 4.97. The SMILES string of the molecule is CC[C@H](O)c1ccc(N2CCn3ccnc3C2)cc1. The van der Waals surface area contributed by atoms with E-state index >= 15 is 0 Å². The van der Waals surface area contributed by atoms with E-state index in [9.17, 15) is 5.11 Å². The number of aliphatic hydroxyl groups is 1. The van der Waals surface area contributed by atoms with Crippen LogP contribution in [0.3, 0.4) is 0 Å². The molecule has 1 N–H and O–H groups in total. The molecule has 0 unspecified atom stereocenters. The lowest BCUT2D eigenvalue weighted by atomic mass is 10.1. The van der Waals surface area contributed by atoms with Crippen LogP contribution in [0.1, 0.15) is 30.8 Å². The quantitative estimate of drug-likeness (QED) is 0.917. The number of anilines is 1. The topological polar surface area (TPSA) is 41.3 Å². The van der Waals surface area contributed by atoms with Gasteiger partial charge in [-0.1, -0.05) is 19.1 Å². The molecule has 0 fully saturated rings. The van der Waals surface area contributed by atoms with Gasteiger partial charge in [-0.3, -0.25) is 0 Å². The van der Waals surface area contributed by atoms with Crippen LogP contribution in [0.5, 0.6) is 0 Å². The lowest BCUT2D eigenvalue weighted by Crippen LogP contribution is -2.33. The van der Waals surface area contributed by atoms with Gasteiger partial charge in [0.15, 0.2) is 0 Å². The van der Waals surface area contributed by atoms with Gasteiger partial charge in [-0.05, 0) is 24.1 Å². The Morgan fingerprint density at radius 3 is 2.79 bits per heavy atom. The van der Waals surface area contributed by atoms with Crippen molar-refractivity contribution in [2.24, 2.45) is 0 Å². The minimum atomic E-state index is -0.352. The number of rotatable bonds is 3. The van der Waals surface area contributed by atoms with Crippen molar-refractivity contribution >= 4 is 5.69 Å². The summed E-state index contributed by atoms with van der Waals surface area (Å²) in [7, 11) is 0. The maximum absolute atomic E-state index is 9.81. The zero-order valence-electron chi connectivity index (χ0n) is 11.2. The molecular weight excluding hydrogens is 238 g/mol. The van der Waals surface area contributed by atoms with E-state index in [0.717, 1.165) is 37.4 Å². The Kier molecular flexibility index (Phi) is 3.25. The van der Waals surface area contributed by atoms with Gasteiger partial charge in [-0.15, -0.1) is 0 Å². The minimum Gasteiger partial charge on any atom is -0.388 e. The highest BCUT2D eigenvalue weighted by Crippen LogP contribution is 2.23. The van der Waals surface area contributed by atoms with E-state index in [4.69, 9.17) is 0 Å². The fourth-order valence-electron chi connectivity index (χ4n) is 2.54. The van der Waals surface area contributed by atoms with Gasteiger partial charge in [-0.25, -0.2) is 4.98 Å². The number of hydrogen-bond donors (Lipinski definition) is 1. The standard InChI is InChI=1S/C15H19N3O/c1-2-14(19)12-3-5-13(6-4-12)18-10-9-17-8-7-16-15(17)11-18/h3-8,14,19H,2,9-11H2,1H3/t14-/m0/s1. The van der Waals surface area contributed by atoms with Crippen LogP contribution < -0.4 is 4.90 Å². The number of imidazole rings is 1. The van der Waals surface area contributed by atoms with E-state index in [2.05, 4.69) is 26.6 Å². The summed E-state index contributed by atoms with van der Waals surface area (Å²) in [4.78, 5) is 6.70. The molecule has 1 aliphatic rings. The summed E-state index contributed by atoms with van der Waals surface area (Å²) in [6, 6.07) is 8.22. The molecule has 3 rings (SSSR count). The molecule has 2 aromatic rings. The third-order valence-corrected chi connectivity index (χ3v) is 3.77. The van der Waals surface area contributed by atoms with Crippen LogP contribution in [-0.2, 0) is 13.1 Å². The number of nitrogens with zero attached hydrogens (tertiary/aromatic N) is 3. The molecule has 0 radical (unpaired) electrons. The largest absolute Gasteiger partial charge is 0.388 e. The van der Waals surface area contributed by atoms with Gasteiger partial charge >= 0.3 is 0 Å². The third-order valence-electron chi connectivity index (χ3n) is 3.77. The molecule has 0 spiro atoms. The average Bonchev–Trinajstić information content (AvgIpc) is 2.94. The Hall–Kier alpha value is -1.81. The van der Waals surface area contributed by atoms with Gasteiger partial charge in [0.2, 0.25) is 0 Å². The number of aliphatic hydroxyl groups excluding tert-OH is 1. The Morgan fingerprint density at radius 2 is 2.05 bits per heavy atom. The summed E-state index contributed by atoms with van der Waals surface area (Å²) in [5, 5.41) is 9.81. The average molecular weight is 257 g/mol. The van der Waals surface area contributed by atoms with E-state index in [-0.39, 0.29) is 6.10 Å². The lowest BCUT2D eigenvalue weighted by molar-refractivity contribution is 0.173. The molecule has 0 aliphatic carbocycles. The molecule has 1 aliphatic heterocycles. The van der Waals surface area contributed by atoms with Crippen molar-refractivity contribution in [3.63, 3.8) is 0 Å². The van der Waals surface area contributed by atoms with E-state index in [0.29, 0.717) is 0 Å². The highest BCUT2D eigenvalue weighted by atomic mass is 16.3. The number of benzene rings is 1. The second kappa shape index (κ2) is 5.05. The summed E-state index contributed by atoms with van der Waals surface area (Å²) < 4.78 is 2.20. The molecule has 0 bridgehead atoms. The molecule has 19 heavy (non-hydrogen) atoms. The predicted octanol–water partition coefficient (Wildman–Crippen LogP) is 2.35. The minimum absolute atomic E-state index is 0.352. The summed E-state index contributed by atoms with van der Waals surface area (Å²) in [5.41, 5.74) is 2.19. The van der Waals surface area contributed by atoms with Crippen molar-refractivity contribution in [1.82, 2.24) is 9.55 Å². The number of fused-ring (bicyclic) bond motifs is 1. The van der Waals surface area contributed by atoms with E-state index in [1.54, 1.807) is 0 Å². The molecule has 0 saturated carbocycles. The van der Waals surface area contributed by atoms with Gasteiger partial charge in [0.1, 0.15) is 5.82 Å². The fourth-order valence-corrected chi connectivity index (χ4v) is 2.54. The smallest absolute Gasteiger partial charge is 0.128 e. The maximum atomic E-state index is 9.81. The summed E-state index contributed by atoms with van der Waals surface area (Å²) in [6.07, 6.45) is 4.29. The highest BCUT2D eigenvalue weighted by molar-refractivity contribution is 5.48. The van der Waals surface area contributed by atoms with E-state index < -0.39 is 0 Å². The first-order chi connectivity index (χ1) is 9.28. The van der Waals surface area contributed by atoms with Crippen LogP contribution in [0, 0.1) is 0 Å². The number of hydrogen-bond acceptors (Lipinski definition) is 3. The van der Waals surface area contributed by atoms with Gasteiger partial charge in [0.25, 0.3) is 0 Å². The second-order valence-corrected chi connectivity index (χ2v) is 4.97. The normalized spacial score (nSPS) is 16.2. The van der Waals surface area contributed by atoms with Crippen molar-refractivity contribution in [3.05, 3.63) is 48.0 Å². The van der Waals surface area contributed by atoms with Crippen molar-refractivity contribution in [2.75, 3.05) is 11.4 Å². The van der Waals surface area contributed by atoms with Gasteiger partial charge in [0.05, 0.1) is 12.6 Å². The summed E-state index contributed by atoms with van der Waals surface area (Å²) in [6.45, 7) is 4.82. The van der Waals surface area contributed by atoms with E-state index in [1.807, 2.05) is 31.5 Å². The molecule has 4 heteroatoms. The monoisotopic (exact) mass is 257 g/mol. The lowest BCUT2D eigenvalue weighted by Gasteiger charge is -2.29. The first-order valence-corrected chi connectivity index (χ1v) is 6.81. The van der Waals surface area contributed by atoms with Crippen molar-refractivity contribution in [3.8, 4) is 0 Å². The van der Waals surface area contributed by atoms with Crippen LogP contribution in [0.15, 0.2) is 36.7 Å². The predicted molar refractivity (Wildman–Crippen MR) is 75.0 cm³/mol. The van der Waals surface area contributed by atoms with Gasteiger partial charge in [-0.2, -0.15) is 0 Å². The van der Waals surface area contributed by atoms with Gasteiger partial charge < -0.3 is 14.6 Å². The Labute approximate surface area is 113 Å². The third kappa shape index (κ3) is 2.36. The molecule has 0 amide bonds. The van der Waals surface area contributed by atoms with Crippen LogP contribution in [0.2, 0.25) is 0 Å². The van der Waals surface area contributed by atoms with Crippen LogP contribution in [-0.4, -0.2) is 21.2 Å². The summed E-state index contributed by atoms with van der Waals surface area (Å²) in [5.74, 6) is 1.11. The van der Waals surface area contributed by atoms with Crippen molar-refractivity contribution in [1.29, 1.82) is 0 Å². The van der Waals surface area contributed by atoms with Crippen LogP contribution in [0.25, 0.3) is 0 Å². The molecule has 0 saturated heterocycles. The molecule has 4 nitrogen and oxygen atoms in total. The molecule has 1 atom stereocenters. The maximum Gasteiger partial charge on any atom is 0.128 e.